The lowest BCUT2D eigenvalue weighted by Gasteiger charge is -2.11. The van der Waals surface area contributed by atoms with E-state index in [2.05, 4.69) is 15.4 Å². The van der Waals surface area contributed by atoms with Gasteiger partial charge < -0.3 is 4.74 Å². The Morgan fingerprint density at radius 2 is 1.85 bits per heavy atom. The minimum atomic E-state index is -0.308. The summed E-state index contributed by atoms with van der Waals surface area (Å²) in [5.74, 6) is 0.662. The number of nitrogens with zero attached hydrogens (tertiary/aromatic N) is 3. The van der Waals surface area contributed by atoms with Crippen LogP contribution in [0, 0.1) is 13.8 Å². The van der Waals surface area contributed by atoms with Gasteiger partial charge in [0.1, 0.15) is 12.1 Å². The van der Waals surface area contributed by atoms with Crippen LogP contribution in [0.4, 0.5) is 5.95 Å². The van der Waals surface area contributed by atoms with E-state index in [9.17, 15) is 4.79 Å². The lowest BCUT2D eigenvalue weighted by atomic mass is 10.1. The van der Waals surface area contributed by atoms with Crippen LogP contribution in [0.5, 0.6) is 5.75 Å². The summed E-state index contributed by atoms with van der Waals surface area (Å²) in [7, 11) is 0. The molecule has 134 valence electrons. The van der Waals surface area contributed by atoms with Gasteiger partial charge in [-0.15, -0.1) is 5.10 Å². The Morgan fingerprint density at radius 3 is 2.54 bits per heavy atom. The number of hydrogen-bond donors (Lipinski definition) is 1. The van der Waals surface area contributed by atoms with E-state index in [0.717, 1.165) is 22.4 Å². The highest BCUT2D eigenvalue weighted by Crippen LogP contribution is 2.22. The second-order valence-corrected chi connectivity index (χ2v) is 6.39. The minimum Gasteiger partial charge on any atom is -0.483 e. The number of rotatable bonds is 6. The van der Waals surface area contributed by atoms with Crippen molar-refractivity contribution in [1.82, 2.24) is 14.8 Å². The van der Waals surface area contributed by atoms with E-state index in [0.29, 0.717) is 11.6 Å². The maximum Gasteiger partial charge on any atom is 0.264 e. The van der Waals surface area contributed by atoms with Crippen molar-refractivity contribution >= 4 is 23.5 Å². The first-order valence-corrected chi connectivity index (χ1v) is 8.52. The number of benzene rings is 2. The van der Waals surface area contributed by atoms with Gasteiger partial charge in [0.25, 0.3) is 5.91 Å². The molecule has 0 atom stereocenters. The molecule has 0 bridgehead atoms. The Kier molecular flexibility index (Phi) is 5.53. The van der Waals surface area contributed by atoms with Gasteiger partial charge in [0, 0.05) is 5.02 Å². The molecule has 2 aromatic carbocycles. The van der Waals surface area contributed by atoms with Crippen LogP contribution in [0.3, 0.4) is 0 Å². The van der Waals surface area contributed by atoms with Gasteiger partial charge in [0.05, 0.1) is 6.54 Å². The molecule has 0 radical (unpaired) electrons. The number of aromatic nitrogens is 3. The average Bonchev–Trinajstić information content (AvgIpc) is 3.03. The van der Waals surface area contributed by atoms with Gasteiger partial charge in [0.15, 0.2) is 6.61 Å². The Labute approximate surface area is 156 Å². The summed E-state index contributed by atoms with van der Waals surface area (Å²) in [6.07, 6.45) is 1.57. The molecule has 6 nitrogen and oxygen atoms in total. The highest BCUT2D eigenvalue weighted by Gasteiger charge is 2.10. The molecule has 0 unspecified atom stereocenters. The van der Waals surface area contributed by atoms with Crippen LogP contribution in [0.15, 0.2) is 48.8 Å². The van der Waals surface area contributed by atoms with Gasteiger partial charge in [-0.05, 0) is 42.7 Å². The van der Waals surface area contributed by atoms with Crippen LogP contribution in [0.25, 0.3) is 0 Å². The first-order chi connectivity index (χ1) is 12.5. The quantitative estimate of drug-likeness (QED) is 0.719. The van der Waals surface area contributed by atoms with Crippen molar-refractivity contribution in [2.75, 3.05) is 11.9 Å². The summed E-state index contributed by atoms with van der Waals surface area (Å²) in [5, 5.41) is 7.57. The number of anilines is 1. The zero-order valence-electron chi connectivity index (χ0n) is 14.6. The van der Waals surface area contributed by atoms with Crippen LogP contribution < -0.4 is 10.1 Å². The molecule has 1 heterocycles. The summed E-state index contributed by atoms with van der Waals surface area (Å²) in [6, 6.07) is 13.3. The van der Waals surface area contributed by atoms with Crippen LogP contribution in [-0.4, -0.2) is 27.3 Å². The van der Waals surface area contributed by atoms with E-state index >= 15 is 0 Å². The molecule has 1 N–H and O–H groups in total. The zero-order chi connectivity index (χ0) is 18.5. The molecule has 3 rings (SSSR count). The number of nitrogens with one attached hydrogen (secondary N) is 1. The molecule has 0 aliphatic heterocycles. The molecule has 0 spiro atoms. The van der Waals surface area contributed by atoms with E-state index in [1.54, 1.807) is 11.0 Å². The summed E-state index contributed by atoms with van der Waals surface area (Å²) < 4.78 is 7.27. The Morgan fingerprint density at radius 1 is 1.15 bits per heavy atom. The molecule has 0 saturated heterocycles. The van der Waals surface area contributed by atoms with Crippen LogP contribution >= 0.6 is 11.6 Å². The van der Waals surface area contributed by atoms with Crippen LogP contribution in [0.1, 0.15) is 16.7 Å². The molecule has 0 saturated carbocycles. The van der Waals surface area contributed by atoms with Gasteiger partial charge in [-0.2, -0.15) is 0 Å². The monoisotopic (exact) mass is 370 g/mol. The van der Waals surface area contributed by atoms with E-state index in [4.69, 9.17) is 16.3 Å². The standard InChI is InChI=1S/C19H19ClN4O2/c1-13-4-3-5-14(2)18(13)26-11-17(25)22-19-21-12-24(23-19)10-15-6-8-16(20)9-7-15/h3-9,12H,10-11H2,1-2H3,(H,22,23,25). The third kappa shape index (κ3) is 4.61. The molecular formula is C19H19ClN4O2. The Bertz CT molecular complexity index is 886. The summed E-state index contributed by atoms with van der Waals surface area (Å²) in [6.45, 7) is 4.33. The van der Waals surface area contributed by atoms with E-state index in [1.165, 1.54) is 0 Å². The first-order valence-electron chi connectivity index (χ1n) is 8.14. The van der Waals surface area contributed by atoms with Crippen molar-refractivity contribution in [3.8, 4) is 5.75 Å². The van der Waals surface area contributed by atoms with Crippen molar-refractivity contribution in [3.63, 3.8) is 0 Å². The fourth-order valence-electron chi connectivity index (χ4n) is 2.53. The summed E-state index contributed by atoms with van der Waals surface area (Å²) in [4.78, 5) is 16.2. The second-order valence-electron chi connectivity index (χ2n) is 5.95. The highest BCUT2D eigenvalue weighted by atomic mass is 35.5. The number of carbonyl (C=O) groups is 1. The molecule has 0 aliphatic carbocycles. The molecule has 3 aromatic rings. The summed E-state index contributed by atoms with van der Waals surface area (Å²) in [5.41, 5.74) is 3.02. The Hall–Kier alpha value is -2.86. The van der Waals surface area contributed by atoms with Gasteiger partial charge >= 0.3 is 0 Å². The van der Waals surface area contributed by atoms with Crippen LogP contribution in [-0.2, 0) is 11.3 Å². The lowest BCUT2D eigenvalue weighted by molar-refractivity contribution is -0.118. The van der Waals surface area contributed by atoms with Crippen molar-refractivity contribution < 1.29 is 9.53 Å². The van der Waals surface area contributed by atoms with Crippen molar-refractivity contribution in [2.45, 2.75) is 20.4 Å². The SMILES string of the molecule is Cc1cccc(C)c1OCC(=O)Nc1ncn(Cc2ccc(Cl)cc2)n1. The smallest absolute Gasteiger partial charge is 0.264 e. The molecule has 26 heavy (non-hydrogen) atoms. The number of ether oxygens (including phenoxy) is 1. The van der Waals surface area contributed by atoms with Crippen molar-refractivity contribution in [1.29, 1.82) is 0 Å². The van der Waals surface area contributed by atoms with Crippen molar-refractivity contribution in [2.24, 2.45) is 0 Å². The first kappa shape index (κ1) is 17.9. The predicted molar refractivity (Wildman–Crippen MR) is 101 cm³/mol. The number of carbonyl (C=O) groups excluding carboxylic acids is 1. The van der Waals surface area contributed by atoms with Gasteiger partial charge in [0.2, 0.25) is 5.95 Å². The molecule has 7 heteroatoms. The third-order valence-corrected chi connectivity index (χ3v) is 4.05. The number of amides is 1. The number of halogens is 1. The molecule has 0 aliphatic rings. The maximum absolute atomic E-state index is 12.1. The maximum atomic E-state index is 12.1. The second kappa shape index (κ2) is 8.01. The molecular weight excluding hydrogens is 352 g/mol. The summed E-state index contributed by atoms with van der Waals surface area (Å²) >= 11 is 5.88. The number of hydrogen-bond acceptors (Lipinski definition) is 4. The van der Waals surface area contributed by atoms with E-state index in [1.807, 2.05) is 56.3 Å². The van der Waals surface area contributed by atoms with Gasteiger partial charge in [-0.1, -0.05) is 41.9 Å². The van der Waals surface area contributed by atoms with Crippen molar-refractivity contribution in [3.05, 3.63) is 70.5 Å². The molecule has 1 amide bonds. The van der Waals surface area contributed by atoms with Gasteiger partial charge in [-0.3, -0.25) is 10.1 Å². The normalized spacial score (nSPS) is 10.6. The Balaban J connectivity index is 1.55. The lowest BCUT2D eigenvalue weighted by Crippen LogP contribution is -2.21. The van der Waals surface area contributed by atoms with Crippen LogP contribution in [0.2, 0.25) is 5.02 Å². The van der Waals surface area contributed by atoms with Gasteiger partial charge in [-0.25, -0.2) is 9.67 Å². The number of aryl methyl sites for hydroxylation is 2. The fourth-order valence-corrected chi connectivity index (χ4v) is 2.66. The van der Waals surface area contributed by atoms with E-state index < -0.39 is 0 Å². The topological polar surface area (TPSA) is 69.0 Å². The highest BCUT2D eigenvalue weighted by molar-refractivity contribution is 6.30. The fraction of sp³-hybridized carbons (Fsp3) is 0.211. The molecule has 0 fully saturated rings. The third-order valence-electron chi connectivity index (χ3n) is 3.80. The van der Waals surface area contributed by atoms with E-state index in [-0.39, 0.29) is 18.5 Å². The minimum absolute atomic E-state index is 0.0998. The number of para-hydroxylation sites is 1. The average molecular weight is 371 g/mol. The largest absolute Gasteiger partial charge is 0.483 e. The predicted octanol–water partition coefficient (Wildman–Crippen LogP) is 3.61. The molecule has 1 aromatic heterocycles. The zero-order valence-corrected chi connectivity index (χ0v) is 15.3.